The molecule has 0 aromatic carbocycles. The number of unbranched alkanes of at least 4 members (excludes halogenated alkanes) is 3. The topological polar surface area (TPSA) is 0 Å². The van der Waals surface area contributed by atoms with Gasteiger partial charge in [-0.25, -0.2) is 0 Å². The molecule has 0 saturated heterocycles. The van der Waals surface area contributed by atoms with E-state index in [1.165, 1.54) is 35.7 Å². The SMILES string of the molecule is CCCCC#Cc1ccc(CCCC)[te]1. The summed E-state index contributed by atoms with van der Waals surface area (Å²) in [4.78, 5) is 0. The first-order valence-electron chi connectivity index (χ1n) is 5.94. The molecule has 0 nitrogen and oxygen atoms in total. The Balaban J connectivity index is 2.40. The first-order chi connectivity index (χ1) is 7.36. The van der Waals surface area contributed by atoms with Crippen molar-refractivity contribution in [3.8, 4) is 11.8 Å². The van der Waals surface area contributed by atoms with Gasteiger partial charge in [-0.3, -0.25) is 0 Å². The fourth-order valence-corrected chi connectivity index (χ4v) is 3.98. The molecule has 0 atom stereocenters. The Labute approximate surface area is 104 Å². The molecule has 1 heteroatoms. The van der Waals surface area contributed by atoms with Gasteiger partial charge in [0.15, 0.2) is 0 Å². The third kappa shape index (κ3) is 5.46. The Morgan fingerprint density at radius 2 is 1.93 bits per heavy atom. The molecule has 0 aliphatic rings. The Hall–Kier alpha value is -0.170. The van der Waals surface area contributed by atoms with Gasteiger partial charge >= 0.3 is 104 Å². The van der Waals surface area contributed by atoms with E-state index in [1.54, 1.807) is 3.58 Å². The molecule has 0 radical (unpaired) electrons. The molecule has 1 aromatic rings. The second-order valence-electron chi connectivity index (χ2n) is 3.77. The number of hydrogen-bond acceptors (Lipinski definition) is 0. The van der Waals surface area contributed by atoms with Gasteiger partial charge in [-0.2, -0.15) is 0 Å². The van der Waals surface area contributed by atoms with Gasteiger partial charge in [0.25, 0.3) is 0 Å². The van der Waals surface area contributed by atoms with E-state index in [1.807, 2.05) is 0 Å². The summed E-state index contributed by atoms with van der Waals surface area (Å²) >= 11 is -0.0551. The van der Waals surface area contributed by atoms with Gasteiger partial charge in [0.1, 0.15) is 0 Å². The number of hydrogen-bond donors (Lipinski definition) is 0. The summed E-state index contributed by atoms with van der Waals surface area (Å²) in [7, 11) is 0. The Bertz CT molecular complexity index is 325. The van der Waals surface area contributed by atoms with Gasteiger partial charge < -0.3 is 0 Å². The zero-order valence-corrected chi connectivity index (χ0v) is 12.1. The first-order valence-corrected chi connectivity index (χ1v) is 8.27. The second kappa shape index (κ2) is 8.04. The van der Waals surface area contributed by atoms with E-state index in [0.717, 1.165) is 6.42 Å². The molecular weight excluding hydrogens is 296 g/mol. The van der Waals surface area contributed by atoms with Crippen LogP contribution in [0.1, 0.15) is 53.1 Å². The molecule has 0 aliphatic carbocycles. The van der Waals surface area contributed by atoms with Crippen LogP contribution < -0.4 is 0 Å². The van der Waals surface area contributed by atoms with Gasteiger partial charge in [0.05, 0.1) is 0 Å². The molecule has 0 bridgehead atoms. The molecular formula is C14H20Te. The molecule has 0 fully saturated rings. The van der Waals surface area contributed by atoms with Crippen LogP contribution in [-0.2, 0) is 6.42 Å². The number of rotatable bonds is 5. The van der Waals surface area contributed by atoms with E-state index in [2.05, 4.69) is 37.8 Å². The van der Waals surface area contributed by atoms with Gasteiger partial charge in [-0.1, -0.05) is 0 Å². The van der Waals surface area contributed by atoms with Crippen molar-refractivity contribution in [2.75, 3.05) is 0 Å². The molecule has 1 aromatic heterocycles. The minimum absolute atomic E-state index is 0.0551. The Kier molecular flexibility index (Phi) is 6.91. The molecule has 1 rings (SSSR count). The summed E-state index contributed by atoms with van der Waals surface area (Å²) < 4.78 is 3.14. The van der Waals surface area contributed by atoms with E-state index in [4.69, 9.17) is 0 Å². The predicted octanol–water partition coefficient (Wildman–Crippen LogP) is 3.63. The molecule has 0 unspecified atom stereocenters. The van der Waals surface area contributed by atoms with Crippen LogP contribution in [0, 0.1) is 11.8 Å². The van der Waals surface area contributed by atoms with Crippen molar-refractivity contribution in [2.24, 2.45) is 0 Å². The van der Waals surface area contributed by atoms with E-state index >= 15 is 0 Å². The van der Waals surface area contributed by atoms with E-state index in [-0.39, 0.29) is 20.4 Å². The normalized spacial score (nSPS) is 9.73. The van der Waals surface area contributed by atoms with Crippen molar-refractivity contribution in [3.05, 3.63) is 19.3 Å². The van der Waals surface area contributed by atoms with Crippen LogP contribution in [0.25, 0.3) is 0 Å². The monoisotopic (exact) mass is 318 g/mol. The fraction of sp³-hybridized carbons (Fsp3) is 0.571. The quantitative estimate of drug-likeness (QED) is 0.442. The summed E-state index contributed by atoms with van der Waals surface area (Å²) in [5, 5.41) is 0. The molecule has 1 heterocycles. The van der Waals surface area contributed by atoms with E-state index in [9.17, 15) is 0 Å². The third-order valence-electron chi connectivity index (χ3n) is 2.31. The Morgan fingerprint density at radius 1 is 1.13 bits per heavy atom. The fourth-order valence-electron chi connectivity index (χ4n) is 1.35. The summed E-state index contributed by atoms with van der Waals surface area (Å²) in [6.07, 6.45) is 7.55. The van der Waals surface area contributed by atoms with Crippen LogP contribution >= 0.6 is 0 Å². The molecule has 0 saturated carbocycles. The molecule has 82 valence electrons. The van der Waals surface area contributed by atoms with Crippen molar-refractivity contribution in [3.63, 3.8) is 0 Å². The second-order valence-corrected chi connectivity index (χ2v) is 7.11. The average Bonchev–Trinajstić information content (AvgIpc) is 2.69. The third-order valence-corrected chi connectivity index (χ3v) is 5.33. The Morgan fingerprint density at radius 3 is 2.67 bits per heavy atom. The molecule has 0 N–H and O–H groups in total. The van der Waals surface area contributed by atoms with Gasteiger partial charge in [0.2, 0.25) is 0 Å². The minimum atomic E-state index is -0.0551. The van der Waals surface area contributed by atoms with Crippen molar-refractivity contribution < 1.29 is 0 Å². The molecule has 0 spiro atoms. The zero-order valence-electron chi connectivity index (χ0n) is 9.81. The standard InChI is InChI=1S/C14H20Te/c1-3-5-7-8-10-14-12-11-13(15-14)9-6-4-2/h11-12H,3-7,9H2,1-2H3. The summed E-state index contributed by atoms with van der Waals surface area (Å²) in [6.45, 7) is 4.48. The van der Waals surface area contributed by atoms with Crippen LogP contribution in [0.4, 0.5) is 0 Å². The van der Waals surface area contributed by atoms with Crippen LogP contribution in [-0.4, -0.2) is 20.4 Å². The van der Waals surface area contributed by atoms with Crippen LogP contribution in [0.2, 0.25) is 0 Å². The maximum absolute atomic E-state index is 3.34. The molecule has 0 amide bonds. The first kappa shape index (κ1) is 12.9. The van der Waals surface area contributed by atoms with Crippen LogP contribution in [0.3, 0.4) is 0 Å². The molecule has 15 heavy (non-hydrogen) atoms. The summed E-state index contributed by atoms with van der Waals surface area (Å²) in [6, 6.07) is 4.58. The summed E-state index contributed by atoms with van der Waals surface area (Å²) in [5.74, 6) is 6.63. The van der Waals surface area contributed by atoms with Crippen molar-refractivity contribution in [1.82, 2.24) is 0 Å². The van der Waals surface area contributed by atoms with Crippen molar-refractivity contribution >= 4 is 20.4 Å². The maximum atomic E-state index is 3.34. The number of aryl methyl sites for hydroxylation is 1. The average molecular weight is 316 g/mol. The van der Waals surface area contributed by atoms with Crippen LogP contribution in [0.5, 0.6) is 0 Å². The van der Waals surface area contributed by atoms with Gasteiger partial charge in [0, 0.05) is 0 Å². The summed E-state index contributed by atoms with van der Waals surface area (Å²) in [5.41, 5.74) is 0. The van der Waals surface area contributed by atoms with Gasteiger partial charge in [-0.05, 0) is 0 Å². The molecule has 0 aliphatic heterocycles. The zero-order chi connectivity index (χ0) is 10.9. The van der Waals surface area contributed by atoms with Crippen LogP contribution in [0.15, 0.2) is 12.1 Å². The predicted molar refractivity (Wildman–Crippen MR) is 68.4 cm³/mol. The van der Waals surface area contributed by atoms with E-state index < -0.39 is 0 Å². The van der Waals surface area contributed by atoms with E-state index in [0.29, 0.717) is 0 Å². The van der Waals surface area contributed by atoms with Gasteiger partial charge in [-0.15, -0.1) is 0 Å². The van der Waals surface area contributed by atoms with Crippen molar-refractivity contribution in [1.29, 1.82) is 0 Å². The van der Waals surface area contributed by atoms with Crippen molar-refractivity contribution in [2.45, 2.75) is 52.4 Å².